The van der Waals surface area contributed by atoms with Crippen molar-refractivity contribution in [2.24, 2.45) is 0 Å². The van der Waals surface area contributed by atoms with Crippen LogP contribution in [0.1, 0.15) is 19.0 Å². The summed E-state index contributed by atoms with van der Waals surface area (Å²) < 4.78 is 45.2. The highest BCUT2D eigenvalue weighted by Crippen LogP contribution is 2.25. The lowest BCUT2D eigenvalue weighted by molar-refractivity contribution is -0.141. The Morgan fingerprint density at radius 3 is 2.39 bits per heavy atom. The lowest BCUT2D eigenvalue weighted by Crippen LogP contribution is -2.42. The molecule has 3 heterocycles. The summed E-state index contributed by atoms with van der Waals surface area (Å²) in [6.07, 6.45) is -0.686. The molecule has 28 heavy (non-hydrogen) atoms. The third-order valence-electron chi connectivity index (χ3n) is 3.49. The van der Waals surface area contributed by atoms with E-state index in [2.05, 4.69) is 9.97 Å². The molecule has 1 aliphatic rings. The van der Waals surface area contributed by atoms with Crippen LogP contribution >= 0.6 is 0 Å². The molecule has 3 rings (SSSR count). The van der Waals surface area contributed by atoms with Crippen molar-refractivity contribution in [3.05, 3.63) is 52.8 Å². The van der Waals surface area contributed by atoms with E-state index >= 15 is 0 Å². The molecule has 8 nitrogen and oxygen atoms in total. The smallest absolute Gasteiger partial charge is 0.431 e. The molecule has 2 aromatic rings. The van der Waals surface area contributed by atoms with E-state index in [0.29, 0.717) is 18.9 Å². The molecular weight excluding hydrogens is 383 g/mol. The van der Waals surface area contributed by atoms with Gasteiger partial charge in [0, 0.05) is 25.1 Å². The summed E-state index contributed by atoms with van der Waals surface area (Å²) in [7, 11) is 1.56. The Balaban J connectivity index is 0.000000213. The number of pyridine rings is 1. The normalized spacial score (nSPS) is 21.5. The number of aromatic amines is 1. The number of nitrogens with one attached hydrogen (secondary N) is 1. The molecule has 3 atom stereocenters. The summed E-state index contributed by atoms with van der Waals surface area (Å²) in [6.45, 7) is 2.31. The second kappa shape index (κ2) is 11.4. The fraction of sp³-hybridized carbons (Fsp3) is 0.471. The molecule has 3 unspecified atom stereocenters. The zero-order valence-corrected chi connectivity index (χ0v) is 15.3. The standard InChI is InChI=1S/C6H4F3NO.C6H12O3.C5H6N2O/c7-6(8,9)4-2-1-3-5(11)10-4;1-4-6(8)5(7)2-3-9-4;1-8-5-4-6-2-3-7-5/h1-3H,(H,10,11);4-8H,2-3H2,1H3;2-4H,1H3. The molecule has 0 radical (unpaired) electrons. The Hall–Kier alpha value is -2.50. The molecule has 1 aliphatic heterocycles. The van der Waals surface area contributed by atoms with Crippen LogP contribution in [0.2, 0.25) is 0 Å². The van der Waals surface area contributed by atoms with E-state index in [1.165, 1.54) is 0 Å². The van der Waals surface area contributed by atoms with Crippen LogP contribution in [-0.2, 0) is 10.9 Å². The first-order valence-corrected chi connectivity index (χ1v) is 8.19. The summed E-state index contributed by atoms with van der Waals surface area (Å²) in [5.41, 5.74) is -1.77. The number of hydrogen-bond donors (Lipinski definition) is 3. The molecular formula is C17H22F3N3O5. The molecule has 3 N–H and O–H groups in total. The first kappa shape index (κ1) is 23.5. The maximum atomic E-state index is 11.8. The van der Waals surface area contributed by atoms with Gasteiger partial charge in [-0.15, -0.1) is 0 Å². The predicted octanol–water partition coefficient (Wildman–Crippen LogP) is 1.40. The molecule has 0 aromatic carbocycles. The lowest BCUT2D eigenvalue weighted by atomic mass is 10.0. The van der Waals surface area contributed by atoms with Gasteiger partial charge in [0.15, 0.2) is 0 Å². The maximum Gasteiger partial charge on any atom is 0.431 e. The first-order chi connectivity index (χ1) is 13.1. The van der Waals surface area contributed by atoms with Gasteiger partial charge in [0.2, 0.25) is 11.4 Å². The van der Waals surface area contributed by atoms with Gasteiger partial charge in [-0.1, -0.05) is 6.07 Å². The van der Waals surface area contributed by atoms with Crippen LogP contribution in [0.4, 0.5) is 13.2 Å². The number of alkyl halides is 3. The van der Waals surface area contributed by atoms with Gasteiger partial charge in [-0.2, -0.15) is 13.2 Å². The summed E-state index contributed by atoms with van der Waals surface area (Å²) in [5.74, 6) is 0.549. The summed E-state index contributed by atoms with van der Waals surface area (Å²) >= 11 is 0. The molecule has 0 saturated carbocycles. The van der Waals surface area contributed by atoms with Gasteiger partial charge in [-0.25, -0.2) is 4.98 Å². The Morgan fingerprint density at radius 1 is 1.29 bits per heavy atom. The van der Waals surface area contributed by atoms with Crippen molar-refractivity contribution in [1.82, 2.24) is 15.0 Å². The summed E-state index contributed by atoms with van der Waals surface area (Å²) in [6, 6.07) is 2.89. The van der Waals surface area contributed by atoms with E-state index < -0.39 is 29.6 Å². The zero-order chi connectivity index (χ0) is 21.2. The van der Waals surface area contributed by atoms with Gasteiger partial charge in [-0.3, -0.25) is 9.78 Å². The Labute approximate surface area is 159 Å². The highest BCUT2D eigenvalue weighted by molar-refractivity contribution is 5.06. The van der Waals surface area contributed by atoms with Crippen LogP contribution in [-0.4, -0.2) is 57.2 Å². The van der Waals surface area contributed by atoms with E-state index in [4.69, 9.17) is 19.7 Å². The number of H-pyrrole nitrogens is 1. The van der Waals surface area contributed by atoms with Crippen molar-refractivity contribution in [1.29, 1.82) is 0 Å². The SMILES string of the molecule is CC1OCCC(O)C1O.COc1cnccn1.O=c1cccc(C(F)(F)F)[nH]1. The van der Waals surface area contributed by atoms with E-state index in [-0.39, 0.29) is 6.10 Å². The van der Waals surface area contributed by atoms with Crippen molar-refractivity contribution in [2.45, 2.75) is 37.8 Å². The highest BCUT2D eigenvalue weighted by Gasteiger charge is 2.31. The average Bonchev–Trinajstić information content (AvgIpc) is 2.67. The number of aromatic nitrogens is 3. The molecule has 0 aliphatic carbocycles. The van der Waals surface area contributed by atoms with Crippen molar-refractivity contribution in [3.8, 4) is 5.88 Å². The number of nitrogens with zero attached hydrogens (tertiary/aromatic N) is 2. The molecule has 0 spiro atoms. The van der Waals surface area contributed by atoms with Gasteiger partial charge < -0.3 is 24.7 Å². The largest absolute Gasteiger partial charge is 0.480 e. The second-order valence-electron chi connectivity index (χ2n) is 5.60. The first-order valence-electron chi connectivity index (χ1n) is 8.19. The van der Waals surface area contributed by atoms with Gasteiger partial charge in [0.05, 0.1) is 25.5 Å². The number of halogens is 3. The second-order valence-corrected chi connectivity index (χ2v) is 5.60. The molecule has 1 fully saturated rings. The van der Waals surface area contributed by atoms with Crippen LogP contribution < -0.4 is 10.3 Å². The monoisotopic (exact) mass is 405 g/mol. The minimum absolute atomic E-state index is 0.214. The van der Waals surface area contributed by atoms with Crippen molar-refractivity contribution in [2.75, 3.05) is 13.7 Å². The Bertz CT molecular complexity index is 733. The van der Waals surface area contributed by atoms with Gasteiger partial charge >= 0.3 is 6.18 Å². The van der Waals surface area contributed by atoms with Crippen molar-refractivity contribution >= 4 is 0 Å². The van der Waals surface area contributed by atoms with E-state index in [0.717, 1.165) is 18.2 Å². The number of ether oxygens (including phenoxy) is 2. The Morgan fingerprint density at radius 2 is 2.00 bits per heavy atom. The quantitative estimate of drug-likeness (QED) is 0.656. The number of aliphatic hydroxyl groups is 2. The van der Waals surface area contributed by atoms with E-state index in [1.54, 1.807) is 37.6 Å². The third kappa shape index (κ3) is 8.46. The number of hydrogen-bond acceptors (Lipinski definition) is 7. The summed E-state index contributed by atoms with van der Waals surface area (Å²) in [5, 5.41) is 18.1. The van der Waals surface area contributed by atoms with Gasteiger partial charge in [-0.05, 0) is 19.4 Å². The molecule has 11 heteroatoms. The minimum atomic E-state index is -4.47. The third-order valence-corrected chi connectivity index (χ3v) is 3.49. The maximum absolute atomic E-state index is 11.8. The van der Waals surface area contributed by atoms with Crippen LogP contribution in [0.15, 0.2) is 41.6 Å². The predicted molar refractivity (Wildman–Crippen MR) is 92.7 cm³/mol. The fourth-order valence-electron chi connectivity index (χ4n) is 1.96. The van der Waals surface area contributed by atoms with Gasteiger partial charge in [0.1, 0.15) is 11.8 Å². The van der Waals surface area contributed by atoms with Gasteiger partial charge in [0.25, 0.3) is 0 Å². The zero-order valence-electron chi connectivity index (χ0n) is 15.3. The van der Waals surface area contributed by atoms with Crippen LogP contribution in [0.5, 0.6) is 5.88 Å². The minimum Gasteiger partial charge on any atom is -0.480 e. The van der Waals surface area contributed by atoms with E-state index in [9.17, 15) is 18.0 Å². The van der Waals surface area contributed by atoms with Crippen molar-refractivity contribution in [3.63, 3.8) is 0 Å². The number of aliphatic hydroxyl groups excluding tert-OH is 2. The molecule has 0 bridgehead atoms. The van der Waals surface area contributed by atoms with Crippen molar-refractivity contribution < 1.29 is 32.9 Å². The lowest BCUT2D eigenvalue weighted by Gasteiger charge is -2.29. The molecule has 0 amide bonds. The Kier molecular flexibility index (Phi) is 9.56. The fourth-order valence-corrected chi connectivity index (χ4v) is 1.96. The average molecular weight is 405 g/mol. The van der Waals surface area contributed by atoms with Crippen LogP contribution in [0, 0.1) is 0 Å². The highest BCUT2D eigenvalue weighted by atomic mass is 19.4. The molecule has 156 valence electrons. The van der Waals surface area contributed by atoms with E-state index in [1.807, 2.05) is 0 Å². The van der Waals surface area contributed by atoms with Crippen LogP contribution in [0.3, 0.4) is 0 Å². The number of rotatable bonds is 1. The number of methoxy groups -OCH3 is 1. The van der Waals surface area contributed by atoms with Crippen LogP contribution in [0.25, 0.3) is 0 Å². The summed E-state index contributed by atoms with van der Waals surface area (Å²) in [4.78, 5) is 19.6. The topological polar surface area (TPSA) is 118 Å². The molecule has 1 saturated heterocycles. The molecule has 2 aromatic heterocycles.